The van der Waals surface area contributed by atoms with Crippen molar-refractivity contribution < 1.29 is 14.2 Å². The number of rotatable bonds is 7. The lowest BCUT2D eigenvalue weighted by molar-refractivity contribution is 0.0516. The van der Waals surface area contributed by atoms with Crippen LogP contribution in [-0.2, 0) is 6.42 Å². The Hall–Kier alpha value is -1.13. The zero-order chi connectivity index (χ0) is 13.6. The molecule has 4 heteroatoms. The monoisotopic (exact) mass is 255 g/mol. The van der Waals surface area contributed by atoms with Gasteiger partial charge in [0.2, 0.25) is 0 Å². The summed E-state index contributed by atoms with van der Waals surface area (Å²) < 4.78 is 18.4. The lowest BCUT2D eigenvalue weighted by Gasteiger charge is -2.23. The van der Waals surface area contributed by atoms with E-state index in [0.717, 1.165) is 18.7 Å². The molecule has 0 saturated carbocycles. The normalized spacial score (nSPS) is 14.3. The van der Waals surface area contributed by atoms with Crippen molar-refractivity contribution in [1.29, 1.82) is 0 Å². The maximum Gasteiger partial charge on any atom is 0.165 e. The van der Waals surface area contributed by atoms with Crippen LogP contribution in [0.2, 0.25) is 0 Å². The van der Waals surface area contributed by atoms with Gasteiger partial charge in [0.05, 0.1) is 12.7 Å². The Morgan fingerprint density at radius 3 is 2.72 bits per heavy atom. The summed E-state index contributed by atoms with van der Waals surface area (Å²) >= 11 is 0. The molecule has 1 rings (SSSR count). The van der Waals surface area contributed by atoms with Crippen molar-refractivity contribution in [1.82, 2.24) is 5.32 Å². The number of benzene rings is 1. The van der Waals surface area contributed by atoms with Crippen molar-refractivity contribution in [2.24, 2.45) is 0 Å². The molecule has 0 bridgehead atoms. The molecule has 0 aliphatic rings. The average Bonchev–Trinajstić information content (AvgIpc) is 2.29. The van der Waals surface area contributed by atoms with E-state index >= 15 is 0 Å². The van der Waals surface area contributed by atoms with E-state index in [1.54, 1.807) is 19.1 Å². The van der Waals surface area contributed by atoms with Gasteiger partial charge in [0.25, 0.3) is 0 Å². The fourth-order valence-electron chi connectivity index (χ4n) is 1.88. The molecular formula is C14H22FNO2. The average molecular weight is 255 g/mol. The van der Waals surface area contributed by atoms with Crippen LogP contribution >= 0.6 is 0 Å². The number of ether oxygens (including phenoxy) is 1. The molecule has 1 atom stereocenters. The predicted octanol–water partition coefficient (Wildman–Crippen LogP) is 2.13. The first-order chi connectivity index (χ1) is 8.48. The third-order valence-corrected chi connectivity index (χ3v) is 2.89. The zero-order valence-electron chi connectivity index (χ0n) is 11.3. The molecule has 102 valence electrons. The molecule has 0 radical (unpaired) electrons. The Bertz CT molecular complexity index is 380. The fourth-order valence-corrected chi connectivity index (χ4v) is 1.88. The zero-order valence-corrected chi connectivity index (χ0v) is 11.3. The molecule has 0 aliphatic carbocycles. The molecule has 0 heterocycles. The highest BCUT2D eigenvalue weighted by molar-refractivity contribution is 5.30. The van der Waals surface area contributed by atoms with Crippen LogP contribution in [0.15, 0.2) is 18.2 Å². The minimum atomic E-state index is -0.830. The molecule has 0 saturated heterocycles. The smallest absolute Gasteiger partial charge is 0.165 e. The summed E-state index contributed by atoms with van der Waals surface area (Å²) in [6.45, 7) is 5.43. The summed E-state index contributed by atoms with van der Waals surface area (Å²) in [4.78, 5) is 0. The standard InChI is InChI=1S/C14H22FNO2/c1-4-16-8-7-14(2,17)10-11-5-6-13(18-3)12(15)9-11/h5-6,9,16-17H,4,7-8,10H2,1-3H3. The predicted molar refractivity (Wildman–Crippen MR) is 70.4 cm³/mol. The molecule has 3 nitrogen and oxygen atoms in total. The molecule has 1 unspecified atom stereocenters. The maximum absolute atomic E-state index is 13.5. The lowest BCUT2D eigenvalue weighted by Crippen LogP contribution is -2.32. The number of nitrogens with one attached hydrogen (secondary N) is 1. The van der Waals surface area contributed by atoms with Gasteiger partial charge in [-0.05, 0) is 44.1 Å². The van der Waals surface area contributed by atoms with Crippen LogP contribution < -0.4 is 10.1 Å². The van der Waals surface area contributed by atoms with Crippen molar-refractivity contribution in [2.45, 2.75) is 32.3 Å². The molecule has 0 aromatic heterocycles. The molecule has 0 amide bonds. The van der Waals surface area contributed by atoms with E-state index in [4.69, 9.17) is 4.74 Å². The molecular weight excluding hydrogens is 233 g/mol. The number of methoxy groups -OCH3 is 1. The highest BCUT2D eigenvalue weighted by atomic mass is 19.1. The highest BCUT2D eigenvalue weighted by Crippen LogP contribution is 2.22. The third-order valence-electron chi connectivity index (χ3n) is 2.89. The molecule has 0 fully saturated rings. The van der Waals surface area contributed by atoms with E-state index in [-0.39, 0.29) is 5.75 Å². The molecule has 1 aromatic carbocycles. The first kappa shape index (κ1) is 14.9. The molecule has 1 aromatic rings. The molecule has 0 aliphatic heterocycles. The van der Waals surface area contributed by atoms with Crippen molar-refractivity contribution in [3.63, 3.8) is 0 Å². The Kier molecular flexibility index (Phi) is 5.56. The fraction of sp³-hybridized carbons (Fsp3) is 0.571. The van der Waals surface area contributed by atoms with Crippen LogP contribution in [0.1, 0.15) is 25.8 Å². The van der Waals surface area contributed by atoms with Crippen LogP contribution in [0.4, 0.5) is 4.39 Å². The van der Waals surface area contributed by atoms with Gasteiger partial charge in [-0.2, -0.15) is 0 Å². The quantitative estimate of drug-likeness (QED) is 0.733. The SMILES string of the molecule is CCNCCC(C)(O)Cc1ccc(OC)c(F)c1. The Balaban J connectivity index is 2.62. The first-order valence-corrected chi connectivity index (χ1v) is 6.24. The Morgan fingerprint density at radius 1 is 1.44 bits per heavy atom. The van der Waals surface area contributed by atoms with Crippen LogP contribution in [0.5, 0.6) is 5.75 Å². The van der Waals surface area contributed by atoms with Gasteiger partial charge in [0.15, 0.2) is 11.6 Å². The second-order valence-electron chi connectivity index (χ2n) is 4.75. The van der Waals surface area contributed by atoms with E-state index in [9.17, 15) is 9.50 Å². The van der Waals surface area contributed by atoms with Gasteiger partial charge >= 0.3 is 0 Å². The summed E-state index contributed by atoms with van der Waals surface area (Å²) in [5.41, 5.74) is -0.0572. The van der Waals surface area contributed by atoms with Crippen molar-refractivity contribution >= 4 is 0 Å². The van der Waals surface area contributed by atoms with Gasteiger partial charge in [-0.3, -0.25) is 0 Å². The number of aliphatic hydroxyl groups is 1. The molecule has 0 spiro atoms. The lowest BCUT2D eigenvalue weighted by atomic mass is 9.93. The number of hydrogen-bond donors (Lipinski definition) is 2. The van der Waals surface area contributed by atoms with Gasteiger partial charge in [-0.25, -0.2) is 4.39 Å². The van der Waals surface area contributed by atoms with E-state index in [1.165, 1.54) is 13.2 Å². The van der Waals surface area contributed by atoms with Crippen LogP contribution in [-0.4, -0.2) is 30.9 Å². The highest BCUT2D eigenvalue weighted by Gasteiger charge is 2.21. The van der Waals surface area contributed by atoms with Crippen molar-refractivity contribution in [2.75, 3.05) is 20.2 Å². The Morgan fingerprint density at radius 2 is 2.17 bits per heavy atom. The number of halogens is 1. The van der Waals surface area contributed by atoms with Crippen LogP contribution in [0, 0.1) is 5.82 Å². The van der Waals surface area contributed by atoms with Crippen LogP contribution in [0.3, 0.4) is 0 Å². The molecule has 2 N–H and O–H groups in total. The van der Waals surface area contributed by atoms with Gasteiger partial charge in [-0.15, -0.1) is 0 Å². The summed E-state index contributed by atoms with van der Waals surface area (Å²) in [5.74, 6) is -0.163. The third kappa shape index (κ3) is 4.63. The van der Waals surface area contributed by atoms with Crippen molar-refractivity contribution in [3.05, 3.63) is 29.6 Å². The van der Waals surface area contributed by atoms with E-state index in [2.05, 4.69) is 5.32 Å². The molecule has 18 heavy (non-hydrogen) atoms. The van der Waals surface area contributed by atoms with E-state index in [1.807, 2.05) is 6.92 Å². The largest absolute Gasteiger partial charge is 0.494 e. The summed E-state index contributed by atoms with van der Waals surface area (Å²) in [7, 11) is 1.44. The minimum absolute atomic E-state index is 0.228. The maximum atomic E-state index is 13.5. The van der Waals surface area contributed by atoms with Gasteiger partial charge in [-0.1, -0.05) is 13.0 Å². The first-order valence-electron chi connectivity index (χ1n) is 6.24. The second kappa shape index (κ2) is 6.71. The Labute approximate surface area is 108 Å². The minimum Gasteiger partial charge on any atom is -0.494 e. The topological polar surface area (TPSA) is 41.5 Å². The second-order valence-corrected chi connectivity index (χ2v) is 4.75. The van der Waals surface area contributed by atoms with Gasteiger partial charge in [0.1, 0.15) is 0 Å². The summed E-state index contributed by atoms with van der Waals surface area (Å²) in [5, 5.41) is 13.4. The van der Waals surface area contributed by atoms with E-state index < -0.39 is 11.4 Å². The van der Waals surface area contributed by atoms with Crippen molar-refractivity contribution in [3.8, 4) is 5.75 Å². The number of hydrogen-bond acceptors (Lipinski definition) is 3. The van der Waals surface area contributed by atoms with E-state index in [0.29, 0.717) is 12.8 Å². The summed E-state index contributed by atoms with van der Waals surface area (Å²) in [6.07, 6.45) is 1.06. The van der Waals surface area contributed by atoms with Gasteiger partial charge < -0.3 is 15.2 Å². The summed E-state index contributed by atoms with van der Waals surface area (Å²) in [6, 6.07) is 4.79. The van der Waals surface area contributed by atoms with Crippen LogP contribution in [0.25, 0.3) is 0 Å². The van der Waals surface area contributed by atoms with Gasteiger partial charge in [0, 0.05) is 6.42 Å².